The summed E-state index contributed by atoms with van der Waals surface area (Å²) >= 11 is 0. The van der Waals surface area contributed by atoms with Crippen LogP contribution in [-0.2, 0) is 30.4 Å². The number of aromatic nitrogens is 2. The van der Waals surface area contributed by atoms with E-state index in [0.29, 0.717) is 26.1 Å². The van der Waals surface area contributed by atoms with Crippen LogP contribution in [0.3, 0.4) is 0 Å². The van der Waals surface area contributed by atoms with Gasteiger partial charge in [0.1, 0.15) is 0 Å². The van der Waals surface area contributed by atoms with Gasteiger partial charge in [-0.05, 0) is 27.2 Å². The Labute approximate surface area is 171 Å². The molecule has 0 bridgehead atoms. The first-order chi connectivity index (χ1) is 13.7. The van der Waals surface area contributed by atoms with Gasteiger partial charge in [-0.1, -0.05) is 0 Å². The van der Waals surface area contributed by atoms with Crippen LogP contribution in [0.25, 0.3) is 0 Å². The maximum atomic E-state index is 12.9. The van der Waals surface area contributed by atoms with Crippen molar-refractivity contribution in [2.24, 2.45) is 5.92 Å². The molecule has 0 saturated carbocycles. The number of esters is 1. The largest absolute Gasteiger partial charge is 0.469 e. The average Bonchev–Trinajstić information content (AvgIpc) is 3.26. The van der Waals surface area contributed by atoms with Gasteiger partial charge in [0.05, 0.1) is 38.4 Å². The fraction of sp³-hybridized carbons (Fsp3) is 0.700. The highest BCUT2D eigenvalue weighted by Gasteiger charge is 2.48. The molecule has 0 aliphatic carbocycles. The third kappa shape index (κ3) is 5.79. The molecule has 2 amide bonds. The minimum absolute atomic E-state index is 0.0538. The Balaban J connectivity index is 2.16. The Morgan fingerprint density at radius 3 is 2.66 bits per heavy atom. The second-order valence-corrected chi connectivity index (χ2v) is 8.19. The number of rotatable bonds is 9. The van der Waals surface area contributed by atoms with Crippen LogP contribution in [0, 0.1) is 5.92 Å². The van der Waals surface area contributed by atoms with Crippen LogP contribution in [-0.4, -0.2) is 65.4 Å². The van der Waals surface area contributed by atoms with Crippen molar-refractivity contribution in [3.63, 3.8) is 0 Å². The van der Waals surface area contributed by atoms with E-state index in [9.17, 15) is 14.4 Å². The summed E-state index contributed by atoms with van der Waals surface area (Å²) in [5.41, 5.74) is 0.396. The molecular weight excluding hydrogens is 376 g/mol. The zero-order chi connectivity index (χ0) is 21.6. The Morgan fingerprint density at radius 2 is 2.03 bits per heavy atom. The number of hydrogen-bond acceptors (Lipinski definition) is 6. The zero-order valence-corrected chi connectivity index (χ0v) is 17.9. The van der Waals surface area contributed by atoms with Crippen LogP contribution in [0.15, 0.2) is 12.4 Å². The van der Waals surface area contributed by atoms with Crippen molar-refractivity contribution < 1.29 is 23.9 Å². The summed E-state index contributed by atoms with van der Waals surface area (Å²) in [6.07, 6.45) is 4.47. The first-order valence-corrected chi connectivity index (χ1v) is 9.87. The first kappa shape index (κ1) is 22.9. The Bertz CT molecular complexity index is 725. The van der Waals surface area contributed by atoms with E-state index < -0.39 is 11.5 Å². The van der Waals surface area contributed by atoms with Crippen molar-refractivity contribution in [2.75, 3.05) is 27.4 Å². The molecule has 0 spiro atoms. The number of methoxy groups -OCH3 is 2. The maximum Gasteiger partial charge on any atom is 0.305 e. The highest BCUT2D eigenvalue weighted by Crippen LogP contribution is 2.42. The lowest BCUT2D eigenvalue weighted by atomic mass is 9.92. The molecule has 1 N–H and O–H groups in total. The van der Waals surface area contributed by atoms with E-state index in [-0.39, 0.29) is 36.7 Å². The van der Waals surface area contributed by atoms with Gasteiger partial charge in [-0.2, -0.15) is 5.10 Å². The van der Waals surface area contributed by atoms with Crippen molar-refractivity contribution in [3.05, 3.63) is 18.0 Å². The molecule has 1 aromatic heterocycles. The number of carbonyl (C=O) groups is 3. The summed E-state index contributed by atoms with van der Waals surface area (Å²) in [6, 6.07) is -0.389. The monoisotopic (exact) mass is 408 g/mol. The lowest BCUT2D eigenvalue weighted by Gasteiger charge is -2.38. The van der Waals surface area contributed by atoms with Gasteiger partial charge in [-0.15, -0.1) is 0 Å². The third-order valence-corrected chi connectivity index (χ3v) is 4.99. The van der Waals surface area contributed by atoms with Crippen molar-refractivity contribution in [3.8, 4) is 0 Å². The normalized spacial score (nSPS) is 19.5. The van der Waals surface area contributed by atoms with Crippen molar-refractivity contribution in [1.82, 2.24) is 20.0 Å². The zero-order valence-electron chi connectivity index (χ0n) is 17.9. The predicted octanol–water partition coefficient (Wildman–Crippen LogP) is 1.29. The molecular formula is C20H32N4O5. The van der Waals surface area contributed by atoms with E-state index in [1.165, 1.54) is 7.11 Å². The number of likely N-dealkylation sites (tertiary alicyclic amines) is 1. The summed E-state index contributed by atoms with van der Waals surface area (Å²) in [7, 11) is 2.96. The van der Waals surface area contributed by atoms with Crippen molar-refractivity contribution >= 4 is 17.8 Å². The molecule has 29 heavy (non-hydrogen) atoms. The molecule has 162 valence electrons. The van der Waals surface area contributed by atoms with Gasteiger partial charge in [-0.3, -0.25) is 19.1 Å². The second-order valence-electron chi connectivity index (χ2n) is 8.19. The molecule has 1 saturated heterocycles. The van der Waals surface area contributed by atoms with E-state index >= 15 is 0 Å². The highest BCUT2D eigenvalue weighted by molar-refractivity contribution is 5.90. The topological polar surface area (TPSA) is 103 Å². The summed E-state index contributed by atoms with van der Waals surface area (Å²) in [5.74, 6) is -1.07. The molecule has 0 unspecified atom stereocenters. The molecule has 1 aliphatic rings. The Morgan fingerprint density at radius 1 is 1.31 bits per heavy atom. The van der Waals surface area contributed by atoms with Crippen molar-refractivity contribution in [2.45, 2.75) is 58.2 Å². The number of nitrogens with one attached hydrogen (secondary N) is 1. The molecule has 9 nitrogen and oxygen atoms in total. The summed E-state index contributed by atoms with van der Waals surface area (Å²) in [6.45, 7) is 7.36. The molecule has 1 aromatic rings. The number of hydrogen-bond donors (Lipinski definition) is 1. The van der Waals surface area contributed by atoms with Gasteiger partial charge in [0.2, 0.25) is 11.8 Å². The first-order valence-electron chi connectivity index (χ1n) is 9.87. The molecule has 2 rings (SSSR count). The van der Waals surface area contributed by atoms with Gasteiger partial charge in [-0.25, -0.2) is 0 Å². The van der Waals surface area contributed by atoms with Crippen LogP contribution in [0.1, 0.15) is 51.6 Å². The van der Waals surface area contributed by atoms with E-state index in [1.54, 1.807) is 22.9 Å². The van der Waals surface area contributed by atoms with Crippen LogP contribution in [0.5, 0.6) is 0 Å². The maximum absolute atomic E-state index is 12.9. The minimum Gasteiger partial charge on any atom is -0.469 e. The predicted molar refractivity (Wildman–Crippen MR) is 106 cm³/mol. The molecule has 0 radical (unpaired) electrons. The van der Waals surface area contributed by atoms with Crippen molar-refractivity contribution in [1.29, 1.82) is 0 Å². The fourth-order valence-electron chi connectivity index (χ4n) is 3.66. The standard InChI is InChI=1S/C20H32N4O5/c1-20(2,3)24-16(25)11-15(19(27)21-8-6-7-17(26)29-5)18(24)14-12-22-23(13-14)9-10-28-4/h12-13,15,18H,6-11H2,1-5H3,(H,21,27)/t15-,18+/m1/s1. The SMILES string of the molecule is COCCn1cc([C@H]2[C@H](C(=O)NCCCC(=O)OC)CC(=O)N2C(C)(C)C)cn1. The summed E-state index contributed by atoms with van der Waals surface area (Å²) in [5, 5.41) is 7.22. The molecule has 1 fully saturated rings. The van der Waals surface area contributed by atoms with Crippen LogP contribution < -0.4 is 5.32 Å². The van der Waals surface area contributed by atoms with Gasteiger partial charge < -0.3 is 19.7 Å². The summed E-state index contributed by atoms with van der Waals surface area (Å²) < 4.78 is 11.5. The molecule has 9 heteroatoms. The number of ether oxygens (including phenoxy) is 2. The average molecular weight is 408 g/mol. The second kappa shape index (κ2) is 9.87. The van der Waals surface area contributed by atoms with E-state index in [2.05, 4.69) is 15.2 Å². The van der Waals surface area contributed by atoms with E-state index in [1.807, 2.05) is 27.0 Å². The Kier molecular flexibility index (Phi) is 7.78. The number of amides is 2. The third-order valence-electron chi connectivity index (χ3n) is 4.99. The number of nitrogens with zero attached hydrogens (tertiary/aromatic N) is 3. The highest BCUT2D eigenvalue weighted by atomic mass is 16.5. The molecule has 2 heterocycles. The lowest BCUT2D eigenvalue weighted by Crippen LogP contribution is -2.45. The summed E-state index contributed by atoms with van der Waals surface area (Å²) in [4.78, 5) is 38.7. The van der Waals surface area contributed by atoms with Crippen LogP contribution >= 0.6 is 0 Å². The van der Waals surface area contributed by atoms with Gasteiger partial charge >= 0.3 is 5.97 Å². The lowest BCUT2D eigenvalue weighted by molar-refractivity contribution is -0.141. The van der Waals surface area contributed by atoms with Gasteiger partial charge in [0.25, 0.3) is 0 Å². The Hall–Kier alpha value is -2.42. The smallest absolute Gasteiger partial charge is 0.305 e. The van der Waals surface area contributed by atoms with E-state index in [4.69, 9.17) is 4.74 Å². The molecule has 0 aromatic carbocycles. The molecule has 2 atom stereocenters. The van der Waals surface area contributed by atoms with Crippen LogP contribution in [0.2, 0.25) is 0 Å². The fourth-order valence-corrected chi connectivity index (χ4v) is 3.66. The number of carbonyl (C=O) groups excluding carboxylic acids is 3. The molecule has 1 aliphatic heterocycles. The van der Waals surface area contributed by atoms with E-state index in [0.717, 1.165) is 5.56 Å². The van der Waals surface area contributed by atoms with Gasteiger partial charge in [0, 0.05) is 43.8 Å². The van der Waals surface area contributed by atoms with Crippen LogP contribution in [0.4, 0.5) is 0 Å². The van der Waals surface area contributed by atoms with Gasteiger partial charge in [0.15, 0.2) is 0 Å². The minimum atomic E-state index is -0.514. The quantitative estimate of drug-likeness (QED) is 0.488.